The first-order valence-electron chi connectivity index (χ1n) is 6.12. The van der Waals surface area contributed by atoms with E-state index in [9.17, 15) is 13.9 Å². The average molecular weight is 342 g/mol. The fourth-order valence-corrected chi connectivity index (χ4v) is 2.39. The Morgan fingerprint density at radius 3 is 2.35 bits per heavy atom. The van der Waals surface area contributed by atoms with Gasteiger partial charge in [-0.05, 0) is 23.8 Å². The number of benzene rings is 2. The van der Waals surface area contributed by atoms with E-state index in [-0.39, 0.29) is 12.1 Å². The SMILES string of the molecule is NCC(c1ccc(Br)cc1)C(O)c1cccc(F)c1F. The van der Waals surface area contributed by atoms with Crippen molar-refractivity contribution < 1.29 is 13.9 Å². The number of halogens is 3. The molecule has 0 spiro atoms. The molecule has 0 aliphatic carbocycles. The van der Waals surface area contributed by atoms with E-state index in [1.54, 1.807) is 12.1 Å². The third kappa shape index (κ3) is 3.06. The molecule has 0 bridgehead atoms. The quantitative estimate of drug-likeness (QED) is 0.893. The first-order valence-corrected chi connectivity index (χ1v) is 6.91. The molecule has 20 heavy (non-hydrogen) atoms. The standard InChI is InChI=1S/C15H14BrF2NO/c16-10-6-4-9(5-7-10)12(8-19)15(20)11-2-1-3-13(17)14(11)18/h1-7,12,15,20H,8,19H2. The monoisotopic (exact) mass is 341 g/mol. The summed E-state index contributed by atoms with van der Waals surface area (Å²) >= 11 is 3.32. The van der Waals surface area contributed by atoms with Gasteiger partial charge in [-0.1, -0.05) is 40.2 Å². The van der Waals surface area contributed by atoms with E-state index in [1.165, 1.54) is 12.1 Å². The number of nitrogens with two attached hydrogens (primary N) is 1. The maximum absolute atomic E-state index is 13.7. The number of hydrogen-bond acceptors (Lipinski definition) is 2. The second-order valence-corrected chi connectivity index (χ2v) is 5.40. The summed E-state index contributed by atoms with van der Waals surface area (Å²) in [6.07, 6.45) is -1.20. The topological polar surface area (TPSA) is 46.2 Å². The molecule has 0 aliphatic heterocycles. The molecule has 0 aliphatic rings. The first kappa shape index (κ1) is 15.1. The minimum Gasteiger partial charge on any atom is -0.388 e. The smallest absolute Gasteiger partial charge is 0.164 e. The van der Waals surface area contributed by atoms with Crippen LogP contribution in [0.5, 0.6) is 0 Å². The summed E-state index contributed by atoms with van der Waals surface area (Å²) in [6, 6.07) is 11.0. The Hall–Kier alpha value is -1.30. The molecule has 0 saturated carbocycles. The molecule has 0 radical (unpaired) electrons. The molecule has 2 atom stereocenters. The molecule has 2 aromatic rings. The molecule has 0 saturated heterocycles. The Labute approximate surface area is 124 Å². The highest BCUT2D eigenvalue weighted by Crippen LogP contribution is 2.32. The van der Waals surface area contributed by atoms with Crippen LogP contribution < -0.4 is 5.73 Å². The lowest BCUT2D eigenvalue weighted by Gasteiger charge is -2.23. The first-order chi connectivity index (χ1) is 9.54. The van der Waals surface area contributed by atoms with Gasteiger partial charge in [0.2, 0.25) is 0 Å². The van der Waals surface area contributed by atoms with Gasteiger partial charge >= 0.3 is 0 Å². The minimum absolute atomic E-state index is 0.0802. The van der Waals surface area contributed by atoms with Crippen LogP contribution in [0.1, 0.15) is 23.1 Å². The van der Waals surface area contributed by atoms with Crippen molar-refractivity contribution in [1.29, 1.82) is 0 Å². The molecule has 2 aromatic carbocycles. The van der Waals surface area contributed by atoms with E-state index in [4.69, 9.17) is 5.73 Å². The number of rotatable bonds is 4. The number of aliphatic hydroxyl groups is 1. The van der Waals surface area contributed by atoms with Gasteiger partial charge in [0.1, 0.15) is 0 Å². The van der Waals surface area contributed by atoms with Crippen molar-refractivity contribution in [2.45, 2.75) is 12.0 Å². The fraction of sp³-hybridized carbons (Fsp3) is 0.200. The van der Waals surface area contributed by atoms with Crippen molar-refractivity contribution in [3.05, 3.63) is 69.7 Å². The van der Waals surface area contributed by atoms with Gasteiger partial charge in [0.15, 0.2) is 11.6 Å². The molecule has 2 rings (SSSR count). The lowest BCUT2D eigenvalue weighted by molar-refractivity contribution is 0.142. The van der Waals surface area contributed by atoms with Gasteiger partial charge < -0.3 is 10.8 Å². The van der Waals surface area contributed by atoms with Crippen LogP contribution in [0.2, 0.25) is 0 Å². The van der Waals surface area contributed by atoms with Crippen LogP contribution in [0.25, 0.3) is 0 Å². The summed E-state index contributed by atoms with van der Waals surface area (Å²) in [5.41, 5.74) is 6.37. The summed E-state index contributed by atoms with van der Waals surface area (Å²) in [5.74, 6) is -2.51. The van der Waals surface area contributed by atoms with E-state index in [2.05, 4.69) is 15.9 Å². The zero-order chi connectivity index (χ0) is 14.7. The zero-order valence-corrected chi connectivity index (χ0v) is 12.1. The third-order valence-electron chi connectivity index (χ3n) is 3.23. The van der Waals surface area contributed by atoms with E-state index in [0.29, 0.717) is 0 Å². The highest BCUT2D eigenvalue weighted by atomic mass is 79.9. The van der Waals surface area contributed by atoms with Gasteiger partial charge in [-0.25, -0.2) is 8.78 Å². The molecule has 3 N–H and O–H groups in total. The average Bonchev–Trinajstić information content (AvgIpc) is 2.44. The maximum atomic E-state index is 13.7. The fourth-order valence-electron chi connectivity index (χ4n) is 2.12. The summed E-state index contributed by atoms with van der Waals surface area (Å²) in [7, 11) is 0. The van der Waals surface area contributed by atoms with Crippen molar-refractivity contribution in [2.75, 3.05) is 6.54 Å². The molecular formula is C15H14BrF2NO. The van der Waals surface area contributed by atoms with E-state index >= 15 is 0 Å². The summed E-state index contributed by atoms with van der Waals surface area (Å²) in [4.78, 5) is 0. The molecule has 0 heterocycles. The second-order valence-electron chi connectivity index (χ2n) is 4.48. The lowest BCUT2D eigenvalue weighted by atomic mass is 9.89. The zero-order valence-electron chi connectivity index (χ0n) is 10.6. The van der Waals surface area contributed by atoms with Crippen LogP contribution in [0, 0.1) is 11.6 Å². The maximum Gasteiger partial charge on any atom is 0.164 e. The van der Waals surface area contributed by atoms with Crippen molar-refractivity contribution in [1.82, 2.24) is 0 Å². The van der Waals surface area contributed by atoms with Gasteiger partial charge in [0.05, 0.1) is 6.10 Å². The predicted molar refractivity (Wildman–Crippen MR) is 77.3 cm³/mol. The lowest BCUT2D eigenvalue weighted by Crippen LogP contribution is -2.21. The molecule has 5 heteroatoms. The van der Waals surface area contributed by atoms with Gasteiger partial charge in [-0.2, -0.15) is 0 Å². The highest BCUT2D eigenvalue weighted by molar-refractivity contribution is 9.10. The molecular weight excluding hydrogens is 328 g/mol. The minimum atomic E-state index is -1.20. The van der Waals surface area contributed by atoms with E-state index in [1.807, 2.05) is 12.1 Å². The molecule has 0 amide bonds. The Morgan fingerprint density at radius 2 is 1.75 bits per heavy atom. The van der Waals surface area contributed by atoms with Gasteiger partial charge in [0.25, 0.3) is 0 Å². The molecule has 0 fully saturated rings. The van der Waals surface area contributed by atoms with Gasteiger partial charge in [-0.3, -0.25) is 0 Å². The second kappa shape index (κ2) is 6.43. The van der Waals surface area contributed by atoms with Gasteiger partial charge in [0, 0.05) is 22.5 Å². The van der Waals surface area contributed by atoms with Crippen LogP contribution >= 0.6 is 15.9 Å². The van der Waals surface area contributed by atoms with Crippen LogP contribution in [0.3, 0.4) is 0 Å². The molecule has 2 unspecified atom stereocenters. The van der Waals surface area contributed by atoms with Crippen molar-refractivity contribution >= 4 is 15.9 Å². The van der Waals surface area contributed by atoms with E-state index < -0.39 is 23.7 Å². The van der Waals surface area contributed by atoms with Crippen molar-refractivity contribution in [3.8, 4) is 0 Å². The highest BCUT2D eigenvalue weighted by Gasteiger charge is 2.25. The van der Waals surface area contributed by atoms with Crippen LogP contribution in [0.15, 0.2) is 46.9 Å². The Morgan fingerprint density at radius 1 is 1.10 bits per heavy atom. The van der Waals surface area contributed by atoms with Crippen LogP contribution in [0.4, 0.5) is 8.78 Å². The Kier molecular flexibility index (Phi) is 4.86. The van der Waals surface area contributed by atoms with Crippen molar-refractivity contribution in [3.63, 3.8) is 0 Å². The van der Waals surface area contributed by atoms with Crippen LogP contribution in [-0.2, 0) is 0 Å². The summed E-state index contributed by atoms with van der Waals surface area (Å²) < 4.78 is 27.9. The normalized spacial score (nSPS) is 14.1. The largest absolute Gasteiger partial charge is 0.388 e. The summed E-state index contributed by atoms with van der Waals surface area (Å²) in [6.45, 7) is 0.124. The number of hydrogen-bond donors (Lipinski definition) is 2. The Balaban J connectivity index is 2.36. The molecule has 0 aromatic heterocycles. The van der Waals surface area contributed by atoms with Crippen LogP contribution in [-0.4, -0.2) is 11.7 Å². The Bertz CT molecular complexity index is 589. The van der Waals surface area contributed by atoms with E-state index in [0.717, 1.165) is 16.1 Å². The van der Waals surface area contributed by atoms with Gasteiger partial charge in [-0.15, -0.1) is 0 Å². The number of aliphatic hydroxyl groups excluding tert-OH is 1. The predicted octanol–water partition coefficient (Wildman–Crippen LogP) is 3.50. The molecule has 2 nitrogen and oxygen atoms in total. The summed E-state index contributed by atoms with van der Waals surface area (Å²) in [5, 5.41) is 10.3. The van der Waals surface area contributed by atoms with Crippen molar-refractivity contribution in [2.24, 2.45) is 5.73 Å². The third-order valence-corrected chi connectivity index (χ3v) is 3.76. The molecule has 106 valence electrons.